The van der Waals surface area contributed by atoms with Gasteiger partial charge in [0, 0.05) is 114 Å². The van der Waals surface area contributed by atoms with Crippen LogP contribution in [0.5, 0.6) is 11.6 Å². The molecule has 4 N–H and O–H groups in total. The molecule has 1 aliphatic carbocycles. The number of nitrogens with one attached hydrogen (secondary N) is 2. The van der Waals surface area contributed by atoms with E-state index in [0.29, 0.717) is 80.5 Å². The first-order valence-corrected chi connectivity index (χ1v) is 31.5. The SMILES string of the molecule is Cc1ccccc1[C@@H]1CN(C2CCN(C3CCOCC3)CC2)CCN1C1CC2(CCN(c3ccc(C(N)=O)c(N4c5cc6cc[nH]c6nc5O[C@H]5COCC[C@@H]54)c3S(=O)(=O)c3cc4c(c([N+](=O)[O-])c3)N[C@H](C3CCOCC3)CO4)CC2)C1. The Morgan fingerprint density at radius 1 is 0.805 bits per heavy atom. The summed E-state index contributed by atoms with van der Waals surface area (Å²) in [5.74, 6) is -0.360. The third-order valence-corrected chi connectivity index (χ3v) is 22.1. The van der Waals surface area contributed by atoms with Gasteiger partial charge in [-0.1, -0.05) is 24.3 Å². The lowest BCUT2D eigenvalue weighted by atomic mass is 9.59. The summed E-state index contributed by atoms with van der Waals surface area (Å²) in [6.45, 7) is 12.4. The van der Waals surface area contributed by atoms with Crippen molar-refractivity contribution in [2.75, 3.05) is 107 Å². The van der Waals surface area contributed by atoms with Gasteiger partial charge in [0.1, 0.15) is 28.9 Å². The summed E-state index contributed by atoms with van der Waals surface area (Å²) < 4.78 is 62.8. The summed E-state index contributed by atoms with van der Waals surface area (Å²) in [6, 6.07) is 19.8. The molecule has 0 bridgehead atoms. The van der Waals surface area contributed by atoms with E-state index in [1.54, 1.807) is 18.3 Å². The number of sulfone groups is 1. The van der Waals surface area contributed by atoms with Crippen LogP contribution in [0, 0.1) is 28.4 Å². The molecule has 9 aliphatic rings. The van der Waals surface area contributed by atoms with Gasteiger partial charge >= 0.3 is 0 Å². The number of nitrogens with two attached hydrogens (primary N) is 1. The van der Waals surface area contributed by atoms with E-state index >= 15 is 8.42 Å². The van der Waals surface area contributed by atoms with Crippen molar-refractivity contribution < 1.29 is 41.8 Å². The normalized spacial score (nSPS) is 26.3. The standard InChI is InChI=1S/C61H76N10O10S/c1-38-4-2-3-5-45(38)52-35-68(41-9-19-66(20-10-41)42-13-27-78-28-14-42)23-24-69(52)43-33-61(34-43)16-21-67(22-17-61)49-7-6-46(58(62)72)56(70-48-15-29-79-37-54(48)81-60-51(70)30-40-8-18-63-59(40)65-60)57(49)82(75,76)44-31-50(71(73)74)55-53(32-44)80-36-47(64-55)39-11-25-77-26-12-39/h2-8,18,30-32,39,41-43,47-48,52,54,64H,9-17,19-29,33-37H2,1H3,(H2,62,72)(H,63,65)/t47-,48-,52-,54-/m0/s1. The van der Waals surface area contributed by atoms with Crippen molar-refractivity contribution in [2.45, 2.75) is 130 Å². The zero-order chi connectivity index (χ0) is 55.9. The predicted molar refractivity (Wildman–Crippen MR) is 309 cm³/mol. The second kappa shape index (κ2) is 21.8. The van der Waals surface area contributed by atoms with Crippen LogP contribution in [0.1, 0.15) is 98.2 Å². The van der Waals surface area contributed by atoms with E-state index in [1.165, 1.54) is 30.0 Å². The summed E-state index contributed by atoms with van der Waals surface area (Å²) in [6.07, 6.45) is 11.6. The number of nitro benzene ring substituents is 1. The molecule has 436 valence electrons. The Morgan fingerprint density at radius 2 is 1.55 bits per heavy atom. The summed E-state index contributed by atoms with van der Waals surface area (Å²) >= 11 is 0. The molecule has 0 unspecified atom stereocenters. The molecule has 1 saturated carbocycles. The molecular weight excluding hydrogens is 1060 g/mol. The number of primary amides is 1. The lowest BCUT2D eigenvalue weighted by molar-refractivity contribution is -0.384. The van der Waals surface area contributed by atoms with E-state index in [9.17, 15) is 14.9 Å². The van der Waals surface area contributed by atoms with Gasteiger partial charge in [-0.25, -0.2) is 8.42 Å². The van der Waals surface area contributed by atoms with Crippen molar-refractivity contribution in [3.8, 4) is 11.6 Å². The molecule has 82 heavy (non-hydrogen) atoms. The number of likely N-dealkylation sites (tertiary alicyclic amines) is 1. The minimum absolute atomic E-state index is 0.0154. The number of nitro groups is 1. The molecule has 4 atom stereocenters. The molecule has 14 rings (SSSR count). The van der Waals surface area contributed by atoms with E-state index in [1.807, 2.05) is 17.0 Å². The number of carbonyl (C=O) groups is 1. The Kier molecular flexibility index (Phi) is 14.4. The molecule has 1 amide bonds. The number of ether oxygens (including phenoxy) is 5. The van der Waals surface area contributed by atoms with Crippen molar-refractivity contribution in [2.24, 2.45) is 17.1 Å². The fourth-order valence-corrected chi connectivity index (χ4v) is 17.5. The fraction of sp³-hybridized carbons (Fsp3) is 0.574. The number of hydrogen-bond donors (Lipinski definition) is 3. The lowest BCUT2D eigenvalue weighted by Crippen LogP contribution is -2.61. The number of benzene rings is 3. The van der Waals surface area contributed by atoms with Crippen LogP contribution in [0.4, 0.5) is 28.4 Å². The summed E-state index contributed by atoms with van der Waals surface area (Å²) in [5, 5.41) is 17.3. The van der Waals surface area contributed by atoms with Gasteiger partial charge in [-0.2, -0.15) is 4.98 Å². The van der Waals surface area contributed by atoms with Crippen LogP contribution < -0.4 is 30.3 Å². The molecule has 1 spiro atoms. The highest BCUT2D eigenvalue weighted by atomic mass is 32.2. The number of fused-ring (bicyclic) bond motifs is 4. The Hall–Kier alpha value is -6.07. The third-order valence-electron chi connectivity index (χ3n) is 20.3. The number of anilines is 4. The number of amides is 1. The number of aryl methyl sites for hydroxylation is 1. The number of aromatic nitrogens is 2. The minimum Gasteiger partial charge on any atom is -0.489 e. The number of aromatic amines is 1. The van der Waals surface area contributed by atoms with Crippen molar-refractivity contribution in [1.29, 1.82) is 0 Å². The zero-order valence-electron chi connectivity index (χ0n) is 46.8. The number of carbonyl (C=O) groups excluding carboxylic acids is 1. The largest absolute Gasteiger partial charge is 0.489 e. The van der Waals surface area contributed by atoms with Gasteiger partial charge in [0.15, 0.2) is 11.4 Å². The number of piperazine rings is 1. The first kappa shape index (κ1) is 53.9. The molecule has 3 aromatic carbocycles. The maximum atomic E-state index is 16.3. The van der Waals surface area contributed by atoms with Crippen LogP contribution in [0.2, 0.25) is 0 Å². The van der Waals surface area contributed by atoms with Crippen LogP contribution in [0.25, 0.3) is 11.0 Å². The molecule has 20 nitrogen and oxygen atoms in total. The van der Waals surface area contributed by atoms with Crippen LogP contribution >= 0.6 is 0 Å². The Bertz CT molecular complexity index is 3340. The molecule has 6 saturated heterocycles. The molecule has 8 aliphatic heterocycles. The van der Waals surface area contributed by atoms with Gasteiger partial charge in [-0.15, -0.1) is 0 Å². The quantitative estimate of drug-likeness (QED) is 0.0849. The second-order valence-corrected chi connectivity index (χ2v) is 26.6. The van der Waals surface area contributed by atoms with Gasteiger partial charge in [-0.3, -0.25) is 24.7 Å². The van der Waals surface area contributed by atoms with E-state index in [2.05, 4.69) is 61.1 Å². The van der Waals surface area contributed by atoms with Crippen LogP contribution in [0.15, 0.2) is 76.7 Å². The topological polar surface area (TPSA) is 223 Å². The summed E-state index contributed by atoms with van der Waals surface area (Å²) in [7, 11) is -4.79. The summed E-state index contributed by atoms with van der Waals surface area (Å²) in [5.41, 5.74) is 10.4. The van der Waals surface area contributed by atoms with Crippen molar-refractivity contribution >= 4 is 55.2 Å². The van der Waals surface area contributed by atoms with Crippen LogP contribution in [0.3, 0.4) is 0 Å². The number of hydrogen-bond acceptors (Lipinski definition) is 17. The molecule has 0 radical (unpaired) electrons. The van der Waals surface area contributed by atoms with Gasteiger partial charge in [0.25, 0.3) is 11.6 Å². The molecule has 7 fully saturated rings. The Morgan fingerprint density at radius 3 is 2.30 bits per heavy atom. The first-order chi connectivity index (χ1) is 39.9. The number of piperidine rings is 2. The van der Waals surface area contributed by atoms with Gasteiger partial charge < -0.3 is 54.4 Å². The van der Waals surface area contributed by atoms with E-state index in [0.717, 1.165) is 109 Å². The average Bonchev–Trinajstić information content (AvgIpc) is 2.25. The highest BCUT2D eigenvalue weighted by Crippen LogP contribution is 2.56. The smallest absolute Gasteiger partial charge is 0.297 e. The fourth-order valence-electron chi connectivity index (χ4n) is 15.8. The predicted octanol–water partition coefficient (Wildman–Crippen LogP) is 7.75. The van der Waals surface area contributed by atoms with E-state index in [-0.39, 0.29) is 68.9 Å². The zero-order valence-corrected chi connectivity index (χ0v) is 47.7. The molecule has 10 heterocycles. The third kappa shape index (κ3) is 9.74. The second-order valence-electron chi connectivity index (χ2n) is 24.7. The molecule has 2 aromatic heterocycles. The Labute approximate surface area is 478 Å². The van der Waals surface area contributed by atoms with E-state index < -0.39 is 38.5 Å². The van der Waals surface area contributed by atoms with Gasteiger partial charge in [0.2, 0.25) is 15.7 Å². The van der Waals surface area contributed by atoms with Gasteiger partial charge in [0.05, 0.1) is 45.4 Å². The molecular formula is C61H76N10O10S. The number of rotatable bonds is 11. The minimum atomic E-state index is -4.79. The number of H-pyrrole nitrogens is 1. The monoisotopic (exact) mass is 1140 g/mol. The van der Waals surface area contributed by atoms with Crippen LogP contribution in [-0.4, -0.2) is 172 Å². The molecule has 5 aromatic rings. The average molecular weight is 1140 g/mol. The van der Waals surface area contributed by atoms with E-state index in [4.69, 9.17) is 34.4 Å². The Balaban J connectivity index is 0.791. The lowest BCUT2D eigenvalue weighted by Gasteiger charge is -2.59. The van der Waals surface area contributed by atoms with Crippen molar-refractivity contribution in [3.05, 3.63) is 93.7 Å². The summed E-state index contributed by atoms with van der Waals surface area (Å²) in [4.78, 5) is 46.6. The number of nitrogens with zero attached hydrogens (tertiary/aromatic N) is 7. The van der Waals surface area contributed by atoms with Crippen molar-refractivity contribution in [3.63, 3.8) is 0 Å². The van der Waals surface area contributed by atoms with Crippen LogP contribution in [-0.2, 0) is 24.0 Å². The molecule has 21 heteroatoms. The van der Waals surface area contributed by atoms with Gasteiger partial charge in [-0.05, 0) is 137 Å². The first-order valence-electron chi connectivity index (χ1n) is 30.0. The highest BCUT2D eigenvalue weighted by Gasteiger charge is 2.52. The van der Waals surface area contributed by atoms with Crippen molar-refractivity contribution in [1.82, 2.24) is 24.7 Å². The number of pyridine rings is 1. The maximum absolute atomic E-state index is 16.3. The highest BCUT2D eigenvalue weighted by molar-refractivity contribution is 7.91. The maximum Gasteiger partial charge on any atom is 0.297 e.